The van der Waals surface area contributed by atoms with Crippen LogP contribution in [-0.4, -0.2) is 11.0 Å². The summed E-state index contributed by atoms with van der Waals surface area (Å²) in [5.41, 5.74) is 9.15. The number of rotatable bonds is 3. The van der Waals surface area contributed by atoms with Crippen molar-refractivity contribution in [1.82, 2.24) is 0 Å². The van der Waals surface area contributed by atoms with Gasteiger partial charge in [-0.15, -0.1) is 0 Å². The Bertz CT molecular complexity index is 621. The average Bonchev–Trinajstić information content (AvgIpc) is 2.43. The van der Waals surface area contributed by atoms with Gasteiger partial charge in [0.05, 0.1) is 0 Å². The van der Waals surface area contributed by atoms with E-state index in [9.17, 15) is 9.90 Å². The molecule has 2 aromatic carbocycles. The number of benzene rings is 2. The molecular weight excluding hydrogens is 252 g/mol. The number of carbonyl (C=O) groups excluding carboxylic acids is 1. The molecule has 0 aliphatic heterocycles. The van der Waals surface area contributed by atoms with Gasteiger partial charge in [-0.1, -0.05) is 29.8 Å². The highest BCUT2D eigenvalue weighted by molar-refractivity contribution is 5.95. The molecule has 0 saturated carbocycles. The number of anilines is 1. The molecule has 104 valence electrons. The van der Waals surface area contributed by atoms with E-state index in [1.807, 2.05) is 31.2 Å². The fraction of sp³-hybridized carbons (Fsp3) is 0.188. The van der Waals surface area contributed by atoms with E-state index in [2.05, 4.69) is 5.32 Å². The normalized spacial score (nSPS) is 11.9. The number of hydrogen-bond donors (Lipinski definition) is 3. The van der Waals surface area contributed by atoms with E-state index in [4.69, 9.17) is 5.73 Å². The highest BCUT2D eigenvalue weighted by Crippen LogP contribution is 2.21. The topological polar surface area (TPSA) is 75.4 Å². The maximum atomic E-state index is 12.1. The number of amides is 1. The van der Waals surface area contributed by atoms with Gasteiger partial charge in [0, 0.05) is 5.69 Å². The van der Waals surface area contributed by atoms with Crippen molar-refractivity contribution in [3.63, 3.8) is 0 Å². The molecule has 0 heterocycles. The summed E-state index contributed by atoms with van der Waals surface area (Å²) in [5.74, 6) is -0.0789. The molecule has 1 amide bonds. The molecule has 4 N–H and O–H groups in total. The number of aromatic hydroxyl groups is 1. The van der Waals surface area contributed by atoms with Crippen molar-refractivity contribution in [2.24, 2.45) is 5.73 Å². The molecule has 20 heavy (non-hydrogen) atoms. The lowest BCUT2D eigenvalue weighted by Gasteiger charge is -2.13. The molecule has 1 unspecified atom stereocenters. The first kappa shape index (κ1) is 14.1. The molecule has 1 atom stereocenters. The minimum absolute atomic E-state index is 0.200. The molecule has 2 aromatic rings. The van der Waals surface area contributed by atoms with Crippen LogP contribution in [0.4, 0.5) is 5.69 Å². The van der Waals surface area contributed by atoms with Crippen LogP contribution in [0, 0.1) is 13.8 Å². The molecule has 0 aliphatic carbocycles. The molecule has 0 fully saturated rings. The summed E-state index contributed by atoms with van der Waals surface area (Å²) in [7, 11) is 0. The van der Waals surface area contributed by atoms with E-state index >= 15 is 0 Å². The molecule has 0 aliphatic rings. The predicted molar refractivity (Wildman–Crippen MR) is 79.6 cm³/mol. The SMILES string of the molecule is Cc1ccc(C(N)C(=O)Nc2ccc(O)c(C)c2)cc1. The monoisotopic (exact) mass is 270 g/mol. The van der Waals surface area contributed by atoms with Crippen LogP contribution in [0.25, 0.3) is 0 Å². The maximum absolute atomic E-state index is 12.1. The van der Waals surface area contributed by atoms with E-state index in [1.54, 1.807) is 25.1 Å². The van der Waals surface area contributed by atoms with Crippen LogP contribution in [0.3, 0.4) is 0 Å². The van der Waals surface area contributed by atoms with Gasteiger partial charge in [-0.3, -0.25) is 4.79 Å². The lowest BCUT2D eigenvalue weighted by Crippen LogP contribution is -2.27. The largest absolute Gasteiger partial charge is 0.508 e. The summed E-state index contributed by atoms with van der Waals surface area (Å²) in [4.78, 5) is 12.1. The quantitative estimate of drug-likeness (QED) is 0.750. The standard InChI is InChI=1S/C16H18N2O2/c1-10-3-5-12(6-4-10)15(17)16(20)18-13-7-8-14(19)11(2)9-13/h3-9,15,19H,17H2,1-2H3,(H,18,20). The van der Waals surface area contributed by atoms with Gasteiger partial charge >= 0.3 is 0 Å². The second kappa shape index (κ2) is 5.75. The van der Waals surface area contributed by atoms with E-state index in [0.717, 1.165) is 11.1 Å². The van der Waals surface area contributed by atoms with Crippen molar-refractivity contribution in [3.8, 4) is 5.75 Å². The summed E-state index contributed by atoms with van der Waals surface area (Å²) < 4.78 is 0. The molecular formula is C16H18N2O2. The van der Waals surface area contributed by atoms with Crippen molar-refractivity contribution in [2.75, 3.05) is 5.32 Å². The molecule has 0 radical (unpaired) electrons. The average molecular weight is 270 g/mol. The summed E-state index contributed by atoms with van der Waals surface area (Å²) in [6.07, 6.45) is 0. The Kier molecular flexibility index (Phi) is 4.05. The van der Waals surface area contributed by atoms with E-state index in [1.165, 1.54) is 0 Å². The molecule has 2 rings (SSSR count). The zero-order valence-corrected chi connectivity index (χ0v) is 11.6. The molecule has 4 nitrogen and oxygen atoms in total. The Hall–Kier alpha value is -2.33. The van der Waals surface area contributed by atoms with Gasteiger partial charge in [-0.2, -0.15) is 0 Å². The Balaban J connectivity index is 2.11. The minimum Gasteiger partial charge on any atom is -0.508 e. The van der Waals surface area contributed by atoms with Gasteiger partial charge in [0.2, 0.25) is 5.91 Å². The van der Waals surface area contributed by atoms with E-state index in [0.29, 0.717) is 11.3 Å². The fourth-order valence-corrected chi connectivity index (χ4v) is 1.88. The van der Waals surface area contributed by atoms with Crippen LogP contribution in [0.2, 0.25) is 0 Å². The number of carbonyl (C=O) groups is 1. The highest BCUT2D eigenvalue weighted by Gasteiger charge is 2.15. The van der Waals surface area contributed by atoms with Gasteiger partial charge in [0.15, 0.2) is 0 Å². The predicted octanol–water partition coefficient (Wildman–Crippen LogP) is 2.65. The maximum Gasteiger partial charge on any atom is 0.245 e. The molecule has 0 spiro atoms. The third-order valence-corrected chi connectivity index (χ3v) is 3.18. The Labute approximate surface area is 118 Å². The van der Waals surface area contributed by atoms with Crippen molar-refractivity contribution in [3.05, 3.63) is 59.2 Å². The number of nitrogens with two attached hydrogens (primary N) is 1. The summed E-state index contributed by atoms with van der Waals surface area (Å²) in [6.45, 7) is 3.75. The molecule has 0 bridgehead atoms. The number of phenols is 1. The van der Waals surface area contributed by atoms with Gasteiger partial charge in [0.25, 0.3) is 0 Å². The van der Waals surface area contributed by atoms with Gasteiger partial charge < -0.3 is 16.2 Å². The Morgan fingerprint density at radius 2 is 1.80 bits per heavy atom. The minimum atomic E-state index is -0.718. The lowest BCUT2D eigenvalue weighted by atomic mass is 10.1. The second-order valence-electron chi connectivity index (χ2n) is 4.88. The third kappa shape index (κ3) is 3.16. The number of aryl methyl sites for hydroxylation is 2. The van der Waals surface area contributed by atoms with Crippen LogP contribution >= 0.6 is 0 Å². The first-order valence-corrected chi connectivity index (χ1v) is 6.40. The smallest absolute Gasteiger partial charge is 0.245 e. The van der Waals surface area contributed by atoms with E-state index < -0.39 is 6.04 Å². The Morgan fingerprint density at radius 3 is 2.40 bits per heavy atom. The number of phenolic OH excluding ortho intramolecular Hbond substituents is 1. The summed E-state index contributed by atoms with van der Waals surface area (Å²) in [5, 5.41) is 12.2. The molecule has 0 aromatic heterocycles. The van der Waals surface area contributed by atoms with Crippen LogP contribution in [0.15, 0.2) is 42.5 Å². The van der Waals surface area contributed by atoms with Crippen molar-refractivity contribution < 1.29 is 9.90 Å². The van der Waals surface area contributed by atoms with Crippen molar-refractivity contribution in [1.29, 1.82) is 0 Å². The van der Waals surface area contributed by atoms with Gasteiger partial charge in [-0.05, 0) is 43.2 Å². The number of hydrogen-bond acceptors (Lipinski definition) is 3. The van der Waals surface area contributed by atoms with Crippen molar-refractivity contribution in [2.45, 2.75) is 19.9 Å². The third-order valence-electron chi connectivity index (χ3n) is 3.18. The summed E-state index contributed by atoms with van der Waals surface area (Å²) in [6, 6.07) is 11.7. The van der Waals surface area contributed by atoms with E-state index in [-0.39, 0.29) is 11.7 Å². The van der Waals surface area contributed by atoms with Gasteiger partial charge in [0.1, 0.15) is 11.8 Å². The summed E-state index contributed by atoms with van der Waals surface area (Å²) >= 11 is 0. The highest BCUT2D eigenvalue weighted by atomic mass is 16.3. The van der Waals surface area contributed by atoms with Crippen LogP contribution in [0.5, 0.6) is 5.75 Å². The van der Waals surface area contributed by atoms with Gasteiger partial charge in [-0.25, -0.2) is 0 Å². The zero-order valence-electron chi connectivity index (χ0n) is 11.6. The second-order valence-corrected chi connectivity index (χ2v) is 4.88. The Morgan fingerprint density at radius 1 is 1.15 bits per heavy atom. The molecule has 0 saturated heterocycles. The fourth-order valence-electron chi connectivity index (χ4n) is 1.88. The lowest BCUT2D eigenvalue weighted by molar-refractivity contribution is -0.117. The first-order chi connectivity index (χ1) is 9.47. The molecule has 4 heteroatoms. The number of nitrogens with one attached hydrogen (secondary N) is 1. The van der Waals surface area contributed by atoms with Crippen LogP contribution < -0.4 is 11.1 Å². The van der Waals surface area contributed by atoms with Crippen molar-refractivity contribution >= 4 is 11.6 Å². The first-order valence-electron chi connectivity index (χ1n) is 6.40. The van der Waals surface area contributed by atoms with Crippen LogP contribution in [-0.2, 0) is 4.79 Å². The zero-order chi connectivity index (χ0) is 14.7. The van der Waals surface area contributed by atoms with Crippen LogP contribution in [0.1, 0.15) is 22.7 Å².